The quantitative estimate of drug-likeness (QED) is 0.637. The average molecular weight is 426 g/mol. The highest BCUT2D eigenvalue weighted by molar-refractivity contribution is 7.89. The predicted molar refractivity (Wildman–Crippen MR) is 117 cm³/mol. The van der Waals surface area contributed by atoms with Gasteiger partial charge in [0.1, 0.15) is 0 Å². The summed E-state index contributed by atoms with van der Waals surface area (Å²) >= 11 is 0. The molecule has 30 heavy (non-hydrogen) atoms. The number of hydrogen-bond acceptors (Lipinski definition) is 4. The molecule has 2 N–H and O–H groups in total. The molecule has 6 nitrogen and oxygen atoms in total. The van der Waals surface area contributed by atoms with Gasteiger partial charge in [0.15, 0.2) is 0 Å². The summed E-state index contributed by atoms with van der Waals surface area (Å²) in [5, 5.41) is 3.06. The first-order valence-corrected chi connectivity index (χ1v) is 11.8. The largest absolute Gasteiger partial charge is 0.348 e. The molecule has 0 aromatic heterocycles. The first kappa shape index (κ1) is 20.8. The van der Waals surface area contributed by atoms with Crippen LogP contribution in [0.3, 0.4) is 0 Å². The number of benzene rings is 2. The molecule has 2 aromatic rings. The van der Waals surface area contributed by atoms with Gasteiger partial charge >= 0.3 is 0 Å². The molecule has 158 valence electrons. The molecule has 1 unspecified atom stereocenters. The third kappa shape index (κ3) is 5.78. The van der Waals surface area contributed by atoms with Crippen molar-refractivity contribution in [3.05, 3.63) is 71.8 Å². The van der Waals surface area contributed by atoms with Crippen molar-refractivity contribution >= 4 is 22.0 Å². The highest BCUT2D eigenvalue weighted by atomic mass is 32.2. The Morgan fingerprint density at radius 3 is 2.43 bits per heavy atom. The number of rotatable bonds is 8. The molecule has 0 spiro atoms. The minimum absolute atomic E-state index is 0.0810. The van der Waals surface area contributed by atoms with Crippen molar-refractivity contribution in [1.82, 2.24) is 14.9 Å². The Labute approximate surface area is 178 Å². The van der Waals surface area contributed by atoms with E-state index in [-0.39, 0.29) is 22.9 Å². The fourth-order valence-corrected chi connectivity index (χ4v) is 4.91. The van der Waals surface area contributed by atoms with Gasteiger partial charge in [-0.05, 0) is 48.6 Å². The number of sulfonamides is 1. The molecule has 1 aliphatic heterocycles. The molecular weight excluding hydrogens is 398 g/mol. The summed E-state index contributed by atoms with van der Waals surface area (Å²) in [5.41, 5.74) is 2.06. The van der Waals surface area contributed by atoms with Gasteiger partial charge in [-0.15, -0.1) is 0 Å². The number of nitrogens with one attached hydrogen (secondary N) is 2. The zero-order chi connectivity index (χ0) is 21.0. The van der Waals surface area contributed by atoms with Crippen molar-refractivity contribution in [3.8, 4) is 0 Å². The maximum Gasteiger partial charge on any atom is 0.244 e. The summed E-state index contributed by atoms with van der Waals surface area (Å²) < 4.78 is 27.1. The Kier molecular flexibility index (Phi) is 6.32. The predicted octanol–water partition coefficient (Wildman–Crippen LogP) is 2.53. The van der Waals surface area contributed by atoms with Crippen LogP contribution in [0, 0.1) is 0 Å². The van der Waals surface area contributed by atoms with E-state index in [1.165, 1.54) is 11.6 Å². The fraction of sp³-hybridized carbons (Fsp3) is 0.348. The van der Waals surface area contributed by atoms with Crippen LogP contribution in [-0.4, -0.2) is 44.4 Å². The molecule has 1 saturated heterocycles. The van der Waals surface area contributed by atoms with E-state index in [0.29, 0.717) is 0 Å². The van der Waals surface area contributed by atoms with Crippen LogP contribution in [0.4, 0.5) is 0 Å². The van der Waals surface area contributed by atoms with E-state index < -0.39 is 10.0 Å². The highest BCUT2D eigenvalue weighted by Gasteiger charge is 2.27. The molecule has 0 bridgehead atoms. The second kappa shape index (κ2) is 9.12. The van der Waals surface area contributed by atoms with Crippen molar-refractivity contribution in [3.63, 3.8) is 0 Å². The fourth-order valence-electron chi connectivity index (χ4n) is 3.60. The van der Waals surface area contributed by atoms with E-state index >= 15 is 0 Å². The van der Waals surface area contributed by atoms with Gasteiger partial charge in [0, 0.05) is 37.8 Å². The molecule has 1 amide bonds. The minimum Gasteiger partial charge on any atom is -0.348 e. The van der Waals surface area contributed by atoms with Crippen LogP contribution in [0.1, 0.15) is 30.4 Å². The maximum absolute atomic E-state index is 12.3. The molecule has 7 heteroatoms. The van der Waals surface area contributed by atoms with Crippen LogP contribution in [0.5, 0.6) is 0 Å². The van der Waals surface area contributed by atoms with Crippen LogP contribution >= 0.6 is 0 Å². The molecule has 2 fully saturated rings. The van der Waals surface area contributed by atoms with E-state index in [1.807, 2.05) is 18.2 Å². The van der Waals surface area contributed by atoms with Gasteiger partial charge in [-0.25, -0.2) is 13.1 Å². The van der Waals surface area contributed by atoms with E-state index in [9.17, 15) is 13.2 Å². The van der Waals surface area contributed by atoms with Crippen molar-refractivity contribution in [2.24, 2.45) is 0 Å². The molecule has 2 aromatic carbocycles. The van der Waals surface area contributed by atoms with E-state index in [1.54, 1.807) is 30.3 Å². The van der Waals surface area contributed by atoms with Crippen molar-refractivity contribution in [2.45, 2.75) is 42.8 Å². The van der Waals surface area contributed by atoms with E-state index in [2.05, 4.69) is 27.1 Å². The zero-order valence-electron chi connectivity index (χ0n) is 16.8. The molecule has 1 heterocycles. The number of carbonyl (C=O) groups excluding carboxylic acids is 1. The van der Waals surface area contributed by atoms with Gasteiger partial charge in [-0.2, -0.15) is 0 Å². The van der Waals surface area contributed by atoms with Crippen LogP contribution in [-0.2, 0) is 21.4 Å². The number of nitrogens with zero attached hydrogens (tertiary/aromatic N) is 1. The van der Waals surface area contributed by atoms with Gasteiger partial charge in [0.05, 0.1) is 4.90 Å². The van der Waals surface area contributed by atoms with Crippen LogP contribution < -0.4 is 10.0 Å². The Balaban J connectivity index is 1.26. The first-order chi connectivity index (χ1) is 14.5. The molecule has 2 aliphatic rings. The van der Waals surface area contributed by atoms with Gasteiger partial charge < -0.3 is 5.32 Å². The van der Waals surface area contributed by atoms with Crippen molar-refractivity contribution in [2.75, 3.05) is 13.1 Å². The van der Waals surface area contributed by atoms with Gasteiger partial charge in [0.2, 0.25) is 15.9 Å². The van der Waals surface area contributed by atoms with Crippen molar-refractivity contribution < 1.29 is 13.2 Å². The smallest absolute Gasteiger partial charge is 0.244 e. The zero-order valence-corrected chi connectivity index (χ0v) is 17.6. The Morgan fingerprint density at radius 1 is 1.00 bits per heavy atom. The Bertz CT molecular complexity index is 1000. The number of likely N-dealkylation sites (tertiary alicyclic amines) is 1. The third-order valence-electron chi connectivity index (χ3n) is 5.38. The topological polar surface area (TPSA) is 78.5 Å². The van der Waals surface area contributed by atoms with Gasteiger partial charge in [0.25, 0.3) is 0 Å². The number of carbonyl (C=O) groups is 1. The summed E-state index contributed by atoms with van der Waals surface area (Å²) in [6.45, 7) is 2.71. The molecule has 4 rings (SSSR count). The third-order valence-corrected chi connectivity index (χ3v) is 6.92. The Hall–Kier alpha value is -2.48. The van der Waals surface area contributed by atoms with Crippen molar-refractivity contribution in [1.29, 1.82) is 0 Å². The number of hydrogen-bond donors (Lipinski definition) is 2. The second-order valence-electron chi connectivity index (χ2n) is 8.01. The summed E-state index contributed by atoms with van der Waals surface area (Å²) in [7, 11) is -3.45. The normalized spacial score (nSPS) is 19.9. The average Bonchev–Trinajstić information content (AvgIpc) is 3.44. The standard InChI is InChI=1S/C23H27N3O3S/c27-23(24-21-14-15-26(17-21)16-19-4-2-1-3-5-19)13-8-18-6-11-22(12-7-18)30(28,29)25-20-9-10-20/h1-8,11-13,20-21,25H,9-10,14-17H2,(H,24,27)/b13-8+. The SMILES string of the molecule is O=C(/C=C/c1ccc(S(=O)(=O)NC2CC2)cc1)NC1CCN(Cc2ccccc2)C1. The van der Waals surface area contributed by atoms with Gasteiger partial charge in [-0.3, -0.25) is 9.69 Å². The molecular formula is C23H27N3O3S. The second-order valence-corrected chi connectivity index (χ2v) is 9.73. The summed E-state index contributed by atoms with van der Waals surface area (Å²) in [6.07, 6.45) is 5.95. The van der Waals surface area contributed by atoms with E-state index in [0.717, 1.165) is 44.5 Å². The lowest BCUT2D eigenvalue weighted by molar-refractivity contribution is -0.117. The Morgan fingerprint density at radius 2 is 1.73 bits per heavy atom. The minimum atomic E-state index is -3.45. The van der Waals surface area contributed by atoms with Crippen LogP contribution in [0.2, 0.25) is 0 Å². The maximum atomic E-state index is 12.3. The monoisotopic (exact) mass is 425 g/mol. The molecule has 0 radical (unpaired) electrons. The summed E-state index contributed by atoms with van der Waals surface area (Å²) in [6, 6.07) is 17.1. The lowest BCUT2D eigenvalue weighted by Crippen LogP contribution is -2.35. The molecule has 1 saturated carbocycles. The number of amides is 1. The molecule has 1 aliphatic carbocycles. The van der Waals surface area contributed by atoms with E-state index in [4.69, 9.17) is 0 Å². The summed E-state index contributed by atoms with van der Waals surface area (Å²) in [4.78, 5) is 14.9. The highest BCUT2D eigenvalue weighted by Crippen LogP contribution is 2.22. The van der Waals surface area contributed by atoms with Crippen LogP contribution in [0.15, 0.2) is 65.6 Å². The summed E-state index contributed by atoms with van der Waals surface area (Å²) in [5.74, 6) is -0.131. The van der Waals surface area contributed by atoms with Gasteiger partial charge in [-0.1, -0.05) is 42.5 Å². The lowest BCUT2D eigenvalue weighted by Gasteiger charge is -2.16. The molecule has 1 atom stereocenters. The first-order valence-electron chi connectivity index (χ1n) is 10.4. The lowest BCUT2D eigenvalue weighted by atomic mass is 10.2. The van der Waals surface area contributed by atoms with Crippen LogP contribution in [0.25, 0.3) is 6.08 Å².